The molecule has 1 saturated heterocycles. The maximum absolute atomic E-state index is 13.6. The summed E-state index contributed by atoms with van der Waals surface area (Å²) in [6, 6.07) is 18.4. The van der Waals surface area contributed by atoms with Gasteiger partial charge >= 0.3 is 0 Å². The van der Waals surface area contributed by atoms with E-state index in [4.69, 9.17) is 15.2 Å². The van der Waals surface area contributed by atoms with Crippen molar-refractivity contribution in [3.63, 3.8) is 0 Å². The summed E-state index contributed by atoms with van der Waals surface area (Å²) < 4.78 is 11.1. The predicted octanol–water partition coefficient (Wildman–Crippen LogP) is 2.58. The van der Waals surface area contributed by atoms with Crippen molar-refractivity contribution in [2.24, 2.45) is 0 Å². The lowest BCUT2D eigenvalue weighted by Crippen LogP contribution is -2.56. The van der Waals surface area contributed by atoms with E-state index in [2.05, 4.69) is 10.6 Å². The molecule has 228 valence electrons. The molecule has 0 spiro atoms. The van der Waals surface area contributed by atoms with Crippen molar-refractivity contribution in [2.45, 2.75) is 45.0 Å². The van der Waals surface area contributed by atoms with Crippen molar-refractivity contribution in [3.05, 3.63) is 89.0 Å². The number of hydrogen-bond acceptors (Lipinski definition) is 8. The maximum atomic E-state index is 13.6. The van der Waals surface area contributed by atoms with Gasteiger partial charge < -0.3 is 35.8 Å². The summed E-state index contributed by atoms with van der Waals surface area (Å²) in [5.74, 6) is 0.0961. The number of methoxy groups -OCH3 is 1. The van der Waals surface area contributed by atoms with E-state index in [-0.39, 0.29) is 31.4 Å². The van der Waals surface area contributed by atoms with Crippen molar-refractivity contribution in [2.75, 3.05) is 31.1 Å². The van der Waals surface area contributed by atoms with Crippen LogP contribution in [0.3, 0.4) is 0 Å². The van der Waals surface area contributed by atoms with Crippen molar-refractivity contribution < 1.29 is 29.0 Å². The van der Waals surface area contributed by atoms with Crippen LogP contribution >= 0.6 is 11.8 Å². The zero-order valence-electron chi connectivity index (χ0n) is 24.5. The first-order valence-corrected chi connectivity index (χ1v) is 15.1. The van der Waals surface area contributed by atoms with Crippen LogP contribution in [0.2, 0.25) is 0 Å². The molecule has 4 rings (SSSR count). The number of nitrogen functional groups attached to an aromatic ring is 1. The molecule has 0 bridgehead atoms. The third kappa shape index (κ3) is 7.99. The molecule has 1 aliphatic rings. The first kappa shape index (κ1) is 31.7. The Morgan fingerprint density at radius 3 is 2.56 bits per heavy atom. The Balaban J connectivity index is 1.44. The van der Waals surface area contributed by atoms with Gasteiger partial charge in [-0.25, -0.2) is 0 Å². The summed E-state index contributed by atoms with van der Waals surface area (Å²) in [4.78, 5) is 41.2. The van der Waals surface area contributed by atoms with Gasteiger partial charge in [-0.1, -0.05) is 54.6 Å². The highest BCUT2D eigenvalue weighted by Gasteiger charge is 2.40. The van der Waals surface area contributed by atoms with Crippen LogP contribution in [-0.2, 0) is 27.3 Å². The molecule has 43 heavy (non-hydrogen) atoms. The Bertz CT molecular complexity index is 1440. The Labute approximate surface area is 255 Å². The van der Waals surface area contributed by atoms with Gasteiger partial charge in [0, 0.05) is 18.0 Å². The fourth-order valence-electron chi connectivity index (χ4n) is 4.88. The second-order valence-corrected chi connectivity index (χ2v) is 11.4. The number of para-hydroxylation sites is 1. The largest absolute Gasteiger partial charge is 0.493 e. The topological polar surface area (TPSA) is 143 Å². The van der Waals surface area contributed by atoms with E-state index >= 15 is 0 Å². The lowest BCUT2D eigenvalue weighted by atomic mass is 9.99. The van der Waals surface area contributed by atoms with Gasteiger partial charge in [0.05, 0.1) is 19.0 Å². The minimum Gasteiger partial charge on any atom is -0.493 e. The fraction of sp³-hybridized carbons (Fsp3) is 0.344. The number of nitrogens with two attached hydrogens (primary N) is 1. The molecule has 0 saturated carbocycles. The molecule has 1 fully saturated rings. The Hall–Kier alpha value is -4.22. The van der Waals surface area contributed by atoms with E-state index in [9.17, 15) is 19.5 Å². The Morgan fingerprint density at radius 2 is 1.81 bits per heavy atom. The van der Waals surface area contributed by atoms with E-state index in [0.717, 1.165) is 22.3 Å². The van der Waals surface area contributed by atoms with Crippen molar-refractivity contribution in [3.8, 4) is 11.5 Å². The second-order valence-electron chi connectivity index (χ2n) is 10.4. The van der Waals surface area contributed by atoms with Gasteiger partial charge in [0.1, 0.15) is 6.04 Å². The highest BCUT2D eigenvalue weighted by molar-refractivity contribution is 7.99. The summed E-state index contributed by atoms with van der Waals surface area (Å²) in [6.45, 7) is 3.65. The maximum Gasteiger partial charge on any atom is 0.258 e. The number of ether oxygens (including phenoxy) is 2. The van der Waals surface area contributed by atoms with E-state index in [1.54, 1.807) is 12.1 Å². The fourth-order valence-corrected chi connectivity index (χ4v) is 6.04. The van der Waals surface area contributed by atoms with Crippen molar-refractivity contribution in [1.29, 1.82) is 0 Å². The molecule has 0 radical (unpaired) electrons. The molecule has 11 heteroatoms. The average Bonchev–Trinajstić information content (AvgIpc) is 3.50. The zero-order valence-corrected chi connectivity index (χ0v) is 25.4. The number of amides is 3. The number of aliphatic hydroxyl groups excluding tert-OH is 1. The first-order chi connectivity index (χ1) is 20.7. The quantitative estimate of drug-likeness (QED) is 0.231. The molecule has 0 aliphatic carbocycles. The second kappa shape index (κ2) is 14.8. The number of nitrogens with zero attached hydrogens (tertiary/aromatic N) is 1. The minimum atomic E-state index is -1.60. The summed E-state index contributed by atoms with van der Waals surface area (Å²) in [6.07, 6.45) is -1.40. The summed E-state index contributed by atoms with van der Waals surface area (Å²) in [5.41, 5.74) is 10.0. The average molecular weight is 607 g/mol. The lowest BCUT2D eigenvalue weighted by Gasteiger charge is -2.30. The van der Waals surface area contributed by atoms with Gasteiger partial charge in [-0.15, -0.1) is 11.8 Å². The van der Waals surface area contributed by atoms with Crippen molar-refractivity contribution >= 4 is 35.2 Å². The minimum absolute atomic E-state index is 0.194. The van der Waals surface area contributed by atoms with Crippen LogP contribution in [0.5, 0.6) is 11.5 Å². The van der Waals surface area contributed by atoms with Crippen molar-refractivity contribution in [1.82, 2.24) is 15.5 Å². The molecule has 10 nitrogen and oxygen atoms in total. The zero-order chi connectivity index (χ0) is 30.9. The molecule has 3 aromatic rings. The van der Waals surface area contributed by atoms with E-state index in [1.165, 1.54) is 23.8 Å². The van der Waals surface area contributed by atoms with Crippen LogP contribution in [0, 0.1) is 13.8 Å². The summed E-state index contributed by atoms with van der Waals surface area (Å²) >= 11 is 1.43. The van der Waals surface area contributed by atoms with Crippen LogP contribution in [0.1, 0.15) is 22.3 Å². The first-order valence-electron chi connectivity index (χ1n) is 14.0. The van der Waals surface area contributed by atoms with E-state index in [1.807, 2.05) is 68.4 Å². The number of carbonyl (C=O) groups is 3. The molecule has 3 atom stereocenters. The number of rotatable bonds is 12. The number of thioether (sulfide) groups is 1. The van der Waals surface area contributed by atoms with Gasteiger partial charge in [-0.3, -0.25) is 14.4 Å². The molecule has 3 amide bonds. The molecular formula is C32H38N4O6S. The molecule has 1 heterocycles. The van der Waals surface area contributed by atoms with Crippen LogP contribution in [-0.4, -0.2) is 71.3 Å². The number of aryl methyl sites for hydroxylation is 1. The van der Waals surface area contributed by atoms with Gasteiger partial charge in [0.25, 0.3) is 11.8 Å². The normalized spacial score (nSPS) is 15.8. The van der Waals surface area contributed by atoms with Gasteiger partial charge in [-0.05, 0) is 54.7 Å². The van der Waals surface area contributed by atoms with Crippen LogP contribution in [0.4, 0.5) is 5.69 Å². The number of nitrogens with one attached hydrogen (secondary N) is 2. The smallest absolute Gasteiger partial charge is 0.258 e. The lowest BCUT2D eigenvalue weighted by molar-refractivity contribution is -0.146. The molecular weight excluding hydrogens is 568 g/mol. The van der Waals surface area contributed by atoms with E-state index in [0.29, 0.717) is 22.9 Å². The van der Waals surface area contributed by atoms with Crippen LogP contribution in [0.25, 0.3) is 0 Å². The Kier molecular flexibility index (Phi) is 10.9. The third-order valence-corrected chi connectivity index (χ3v) is 8.44. The molecule has 1 aliphatic heterocycles. The summed E-state index contributed by atoms with van der Waals surface area (Å²) in [7, 11) is 1.52. The van der Waals surface area contributed by atoms with Crippen LogP contribution < -0.4 is 25.8 Å². The molecule has 3 aromatic carbocycles. The monoisotopic (exact) mass is 606 g/mol. The highest BCUT2D eigenvalue weighted by atomic mass is 32.2. The number of benzene rings is 3. The molecule has 0 unspecified atom stereocenters. The number of carbonyl (C=O) groups excluding carboxylic acids is 3. The van der Waals surface area contributed by atoms with Crippen LogP contribution in [0.15, 0.2) is 66.7 Å². The third-order valence-electron chi connectivity index (χ3n) is 7.43. The number of anilines is 1. The molecule has 0 aromatic heterocycles. The number of hydrogen-bond donors (Lipinski definition) is 4. The number of aliphatic hydroxyl groups is 1. The highest BCUT2D eigenvalue weighted by Crippen LogP contribution is 2.30. The predicted molar refractivity (Wildman–Crippen MR) is 167 cm³/mol. The summed E-state index contributed by atoms with van der Waals surface area (Å²) in [5, 5.41) is 17.0. The SMILES string of the molecule is COc1cccc(C)c1OCC(=O)N[C@@H](Cc1ccccc1)[C@H](O)C(=O)N1CSC[C@H]1C(=O)NCc1cccc(N)c1C. The van der Waals surface area contributed by atoms with E-state index < -0.39 is 30.0 Å². The van der Waals surface area contributed by atoms with Gasteiger partial charge in [0.15, 0.2) is 24.2 Å². The van der Waals surface area contributed by atoms with Gasteiger partial charge in [0.2, 0.25) is 5.91 Å². The standard InChI is InChI=1S/C32H38N4O6S/c1-20-9-7-14-27(41-3)30(20)42-17-28(37)35-25(15-22-10-5-4-6-11-22)29(38)32(40)36-19-43-18-26(36)31(39)34-16-23-12-8-13-24(33)21(23)2/h4-14,25-26,29,38H,15-19,33H2,1-3H3,(H,34,39)(H,35,37)/t25-,26-,29-/m0/s1. The molecule has 5 N–H and O–H groups in total. The van der Waals surface area contributed by atoms with Gasteiger partial charge in [-0.2, -0.15) is 0 Å². The Morgan fingerprint density at radius 1 is 1.07 bits per heavy atom.